The molecule has 2 rings (SSSR count). The summed E-state index contributed by atoms with van der Waals surface area (Å²) < 4.78 is 5.04. The van der Waals surface area contributed by atoms with E-state index in [1.54, 1.807) is 6.92 Å². The highest BCUT2D eigenvalue weighted by atomic mass is 16.5. The summed E-state index contributed by atoms with van der Waals surface area (Å²) in [5, 5.41) is 0. The van der Waals surface area contributed by atoms with E-state index in [0.717, 1.165) is 25.8 Å². The van der Waals surface area contributed by atoms with Gasteiger partial charge in [-0.05, 0) is 49.8 Å². The van der Waals surface area contributed by atoms with Crippen molar-refractivity contribution >= 4 is 11.9 Å². The quantitative estimate of drug-likeness (QED) is 0.777. The Hall–Kier alpha value is -1.84. The van der Waals surface area contributed by atoms with E-state index in [-0.39, 0.29) is 17.9 Å². The maximum absolute atomic E-state index is 12.8. The van der Waals surface area contributed by atoms with Gasteiger partial charge in [-0.2, -0.15) is 0 Å². The van der Waals surface area contributed by atoms with Gasteiger partial charge in [0.15, 0.2) is 0 Å². The molecule has 1 atom stereocenters. The van der Waals surface area contributed by atoms with Gasteiger partial charge in [-0.15, -0.1) is 0 Å². The SMILES string of the molecule is CCOC(=O)C[C@H]1CCCCN1C(=O)c1ccc(C(C)C)cc1. The van der Waals surface area contributed by atoms with Crippen LogP contribution >= 0.6 is 0 Å². The number of rotatable bonds is 5. The lowest BCUT2D eigenvalue weighted by atomic mass is 9.97. The molecule has 1 fully saturated rings. The third-order valence-electron chi connectivity index (χ3n) is 4.42. The van der Waals surface area contributed by atoms with Crippen molar-refractivity contribution in [3.8, 4) is 0 Å². The molecular formula is C19H27NO3. The number of hydrogen-bond donors (Lipinski definition) is 0. The van der Waals surface area contributed by atoms with Crippen molar-refractivity contribution in [3.05, 3.63) is 35.4 Å². The highest BCUT2D eigenvalue weighted by Gasteiger charge is 2.29. The topological polar surface area (TPSA) is 46.6 Å². The molecule has 0 saturated carbocycles. The van der Waals surface area contributed by atoms with Crippen LogP contribution in [-0.2, 0) is 9.53 Å². The van der Waals surface area contributed by atoms with Gasteiger partial charge in [0.1, 0.15) is 0 Å². The zero-order valence-corrected chi connectivity index (χ0v) is 14.4. The minimum Gasteiger partial charge on any atom is -0.466 e. The molecule has 1 heterocycles. The van der Waals surface area contributed by atoms with Gasteiger partial charge in [0.2, 0.25) is 0 Å². The monoisotopic (exact) mass is 317 g/mol. The predicted octanol–water partition coefficient (Wildman–Crippen LogP) is 3.76. The Bertz CT molecular complexity index is 536. The van der Waals surface area contributed by atoms with E-state index in [1.165, 1.54) is 5.56 Å². The fraction of sp³-hybridized carbons (Fsp3) is 0.579. The van der Waals surface area contributed by atoms with Gasteiger partial charge in [0, 0.05) is 18.2 Å². The number of nitrogens with zero attached hydrogens (tertiary/aromatic N) is 1. The Morgan fingerprint density at radius 3 is 2.52 bits per heavy atom. The molecule has 4 nitrogen and oxygen atoms in total. The van der Waals surface area contributed by atoms with Gasteiger partial charge in [0.25, 0.3) is 5.91 Å². The van der Waals surface area contributed by atoms with Crippen LogP contribution in [0.25, 0.3) is 0 Å². The third kappa shape index (κ3) is 4.57. The molecular weight excluding hydrogens is 290 g/mol. The molecule has 126 valence electrons. The van der Waals surface area contributed by atoms with Crippen LogP contribution in [0.2, 0.25) is 0 Å². The Balaban J connectivity index is 2.09. The lowest BCUT2D eigenvalue weighted by Gasteiger charge is -2.35. The van der Waals surface area contributed by atoms with Gasteiger partial charge < -0.3 is 9.64 Å². The Kier molecular flexibility index (Phi) is 6.20. The third-order valence-corrected chi connectivity index (χ3v) is 4.42. The summed E-state index contributed by atoms with van der Waals surface area (Å²) in [6, 6.07) is 7.78. The predicted molar refractivity (Wildman–Crippen MR) is 90.5 cm³/mol. The van der Waals surface area contributed by atoms with E-state index in [9.17, 15) is 9.59 Å². The smallest absolute Gasteiger partial charge is 0.307 e. The van der Waals surface area contributed by atoms with Crippen LogP contribution in [0.1, 0.15) is 68.3 Å². The van der Waals surface area contributed by atoms with Crippen molar-refractivity contribution in [1.29, 1.82) is 0 Å². The summed E-state index contributed by atoms with van der Waals surface area (Å²) in [4.78, 5) is 26.4. The molecule has 1 amide bonds. The Morgan fingerprint density at radius 2 is 1.91 bits per heavy atom. The summed E-state index contributed by atoms with van der Waals surface area (Å²) in [5.41, 5.74) is 1.92. The van der Waals surface area contributed by atoms with Gasteiger partial charge in [-0.25, -0.2) is 0 Å². The number of carbonyl (C=O) groups excluding carboxylic acids is 2. The number of benzene rings is 1. The maximum atomic E-state index is 12.8. The first-order valence-electron chi connectivity index (χ1n) is 8.59. The van der Waals surface area contributed by atoms with Crippen LogP contribution in [0.4, 0.5) is 0 Å². The van der Waals surface area contributed by atoms with Crippen LogP contribution in [0, 0.1) is 0 Å². The molecule has 0 unspecified atom stereocenters. The second-order valence-corrected chi connectivity index (χ2v) is 6.43. The fourth-order valence-electron chi connectivity index (χ4n) is 3.07. The number of amides is 1. The van der Waals surface area contributed by atoms with E-state index in [4.69, 9.17) is 4.74 Å². The standard InChI is InChI=1S/C19H27NO3/c1-4-23-18(21)13-17-7-5-6-12-20(17)19(22)16-10-8-15(9-11-16)14(2)3/h8-11,14,17H,4-7,12-13H2,1-3H3/t17-/m1/s1. The molecule has 0 radical (unpaired) electrons. The van der Waals surface area contributed by atoms with Gasteiger partial charge in [-0.3, -0.25) is 9.59 Å². The largest absolute Gasteiger partial charge is 0.466 e. The van der Waals surface area contributed by atoms with Crippen molar-refractivity contribution < 1.29 is 14.3 Å². The van der Waals surface area contributed by atoms with Crippen molar-refractivity contribution in [2.45, 2.75) is 58.4 Å². The first kappa shape index (κ1) is 17.5. The Morgan fingerprint density at radius 1 is 1.22 bits per heavy atom. The molecule has 23 heavy (non-hydrogen) atoms. The molecule has 0 aromatic heterocycles. The van der Waals surface area contributed by atoms with Gasteiger partial charge in [-0.1, -0.05) is 26.0 Å². The zero-order chi connectivity index (χ0) is 16.8. The molecule has 4 heteroatoms. The van der Waals surface area contributed by atoms with E-state index in [0.29, 0.717) is 24.5 Å². The Labute approximate surface area is 138 Å². The maximum Gasteiger partial charge on any atom is 0.307 e. The van der Waals surface area contributed by atoms with Crippen molar-refractivity contribution in [3.63, 3.8) is 0 Å². The molecule has 0 spiro atoms. The lowest BCUT2D eigenvalue weighted by Crippen LogP contribution is -2.45. The minimum absolute atomic E-state index is 0.0225. The van der Waals surface area contributed by atoms with E-state index in [2.05, 4.69) is 13.8 Å². The lowest BCUT2D eigenvalue weighted by molar-refractivity contribution is -0.144. The molecule has 0 bridgehead atoms. The van der Waals surface area contributed by atoms with Crippen LogP contribution in [-0.4, -0.2) is 36.0 Å². The van der Waals surface area contributed by atoms with Crippen molar-refractivity contribution in [2.24, 2.45) is 0 Å². The van der Waals surface area contributed by atoms with E-state index < -0.39 is 0 Å². The molecule has 1 aromatic rings. The molecule has 1 aromatic carbocycles. The number of hydrogen-bond acceptors (Lipinski definition) is 3. The second-order valence-electron chi connectivity index (χ2n) is 6.43. The molecule has 0 N–H and O–H groups in total. The average molecular weight is 317 g/mol. The van der Waals surface area contributed by atoms with Gasteiger partial charge in [0.05, 0.1) is 13.0 Å². The molecule has 0 aliphatic carbocycles. The van der Waals surface area contributed by atoms with Crippen molar-refractivity contribution in [1.82, 2.24) is 4.90 Å². The average Bonchev–Trinajstić information content (AvgIpc) is 2.55. The molecule has 1 aliphatic rings. The van der Waals surface area contributed by atoms with Crippen LogP contribution in [0.15, 0.2) is 24.3 Å². The summed E-state index contributed by atoms with van der Waals surface area (Å²) in [5.74, 6) is 0.257. The normalized spacial score (nSPS) is 18.1. The highest BCUT2D eigenvalue weighted by Crippen LogP contribution is 2.23. The van der Waals surface area contributed by atoms with E-state index in [1.807, 2.05) is 29.2 Å². The molecule has 1 saturated heterocycles. The second kappa shape index (κ2) is 8.14. The first-order chi connectivity index (χ1) is 11.0. The number of ether oxygens (including phenoxy) is 1. The molecule has 1 aliphatic heterocycles. The summed E-state index contributed by atoms with van der Waals surface area (Å²) in [6.45, 7) is 7.18. The minimum atomic E-state index is -0.215. The van der Waals surface area contributed by atoms with E-state index >= 15 is 0 Å². The number of likely N-dealkylation sites (tertiary alicyclic amines) is 1. The first-order valence-corrected chi connectivity index (χ1v) is 8.59. The fourth-order valence-corrected chi connectivity index (χ4v) is 3.07. The zero-order valence-electron chi connectivity index (χ0n) is 14.4. The highest BCUT2D eigenvalue weighted by molar-refractivity contribution is 5.94. The summed E-state index contributed by atoms with van der Waals surface area (Å²) in [7, 11) is 0. The van der Waals surface area contributed by atoms with Crippen molar-refractivity contribution in [2.75, 3.05) is 13.2 Å². The summed E-state index contributed by atoms with van der Waals surface area (Å²) >= 11 is 0. The van der Waals surface area contributed by atoms with Crippen LogP contribution in [0.3, 0.4) is 0 Å². The number of piperidine rings is 1. The summed E-state index contributed by atoms with van der Waals surface area (Å²) in [6.07, 6.45) is 3.22. The number of esters is 1. The van der Waals surface area contributed by atoms with Crippen LogP contribution < -0.4 is 0 Å². The van der Waals surface area contributed by atoms with Crippen LogP contribution in [0.5, 0.6) is 0 Å². The van der Waals surface area contributed by atoms with Gasteiger partial charge >= 0.3 is 5.97 Å². The number of carbonyl (C=O) groups is 2.